The third kappa shape index (κ3) is 5.45. The molecule has 2 aromatic heterocycles. The second-order valence-corrected chi connectivity index (χ2v) is 18.2. The van der Waals surface area contributed by atoms with E-state index in [0.29, 0.717) is 0 Å². The SMILES string of the molecule is CC(C)(C)c1ccccc1N(c1ccccc1)c1ccc2cc3c(cc2c1)oc1cc2c(cc13)oc1cc3cc(N4c5ccccc5C(C)(C)c5ccccc54)ccc3cc12. The Morgan fingerprint density at radius 1 is 0.443 bits per heavy atom. The van der Waals surface area contributed by atoms with Gasteiger partial charge in [-0.05, 0) is 135 Å². The van der Waals surface area contributed by atoms with Crippen molar-refractivity contribution in [1.29, 1.82) is 0 Å². The minimum atomic E-state index is -0.105. The predicted molar refractivity (Wildman–Crippen MR) is 256 cm³/mol. The lowest BCUT2D eigenvalue weighted by Gasteiger charge is -2.42. The van der Waals surface area contributed by atoms with Crippen molar-refractivity contribution in [3.63, 3.8) is 0 Å². The number of hydrogen-bond donors (Lipinski definition) is 0. The zero-order valence-electron chi connectivity index (χ0n) is 35.0. The first-order valence-corrected chi connectivity index (χ1v) is 21.2. The molecule has 1 aliphatic rings. The average molecular weight is 789 g/mol. The Labute approximate surface area is 354 Å². The largest absolute Gasteiger partial charge is 0.456 e. The molecule has 9 aromatic carbocycles. The lowest BCUT2D eigenvalue weighted by Crippen LogP contribution is -2.30. The lowest BCUT2D eigenvalue weighted by atomic mass is 9.73. The summed E-state index contributed by atoms with van der Waals surface area (Å²) in [4.78, 5) is 4.78. The molecule has 0 N–H and O–H groups in total. The van der Waals surface area contributed by atoms with E-state index in [1.807, 2.05) is 0 Å². The van der Waals surface area contributed by atoms with Gasteiger partial charge in [-0.25, -0.2) is 0 Å². The molecule has 0 saturated carbocycles. The van der Waals surface area contributed by atoms with Crippen molar-refractivity contribution in [2.75, 3.05) is 9.80 Å². The molecule has 0 atom stereocenters. The van der Waals surface area contributed by atoms with Crippen LogP contribution >= 0.6 is 0 Å². The highest BCUT2D eigenvalue weighted by molar-refractivity contribution is 6.18. The van der Waals surface area contributed by atoms with Crippen LogP contribution in [0, 0.1) is 0 Å². The van der Waals surface area contributed by atoms with Gasteiger partial charge in [0.1, 0.15) is 22.3 Å². The zero-order chi connectivity index (χ0) is 41.2. The third-order valence-electron chi connectivity index (χ3n) is 13.1. The zero-order valence-corrected chi connectivity index (χ0v) is 35.0. The second-order valence-electron chi connectivity index (χ2n) is 18.2. The first kappa shape index (κ1) is 35.6. The van der Waals surface area contributed by atoms with Crippen LogP contribution in [-0.2, 0) is 10.8 Å². The van der Waals surface area contributed by atoms with Crippen molar-refractivity contribution in [2.24, 2.45) is 0 Å². The van der Waals surface area contributed by atoms with Gasteiger partial charge in [0.25, 0.3) is 0 Å². The summed E-state index contributed by atoms with van der Waals surface area (Å²) in [5.41, 5.74) is 14.2. The van der Waals surface area contributed by atoms with E-state index in [9.17, 15) is 0 Å². The first-order valence-electron chi connectivity index (χ1n) is 21.2. The monoisotopic (exact) mass is 788 g/mol. The fourth-order valence-electron chi connectivity index (χ4n) is 10.0. The van der Waals surface area contributed by atoms with E-state index < -0.39 is 0 Å². The number of para-hydroxylation sites is 4. The molecule has 0 fully saturated rings. The molecule has 1 aliphatic heterocycles. The molecule has 4 heteroatoms. The lowest BCUT2D eigenvalue weighted by molar-refractivity contribution is 0.591. The molecule has 0 radical (unpaired) electrons. The van der Waals surface area contributed by atoms with Crippen molar-refractivity contribution in [3.05, 3.63) is 193 Å². The maximum atomic E-state index is 6.70. The van der Waals surface area contributed by atoms with Gasteiger partial charge in [-0.2, -0.15) is 0 Å². The van der Waals surface area contributed by atoms with E-state index in [-0.39, 0.29) is 10.8 Å². The Balaban J connectivity index is 0.957. The molecule has 0 amide bonds. The van der Waals surface area contributed by atoms with E-state index in [2.05, 4.69) is 220 Å². The highest BCUT2D eigenvalue weighted by Gasteiger charge is 2.36. The summed E-state index contributed by atoms with van der Waals surface area (Å²) in [6.07, 6.45) is 0. The molecule has 0 unspecified atom stereocenters. The van der Waals surface area contributed by atoms with Crippen molar-refractivity contribution >= 4 is 99.5 Å². The molecule has 3 heterocycles. The summed E-state index contributed by atoms with van der Waals surface area (Å²) in [7, 11) is 0. The maximum absolute atomic E-state index is 6.70. The van der Waals surface area contributed by atoms with Crippen LogP contribution in [0.25, 0.3) is 65.4 Å². The van der Waals surface area contributed by atoms with Crippen LogP contribution in [0.3, 0.4) is 0 Å². The van der Waals surface area contributed by atoms with E-state index in [4.69, 9.17) is 8.83 Å². The molecule has 61 heavy (non-hydrogen) atoms. The molecule has 4 nitrogen and oxygen atoms in total. The van der Waals surface area contributed by atoms with E-state index in [1.54, 1.807) is 0 Å². The molecular formula is C57H44N2O2. The molecule has 12 rings (SSSR count). The van der Waals surface area contributed by atoms with Crippen LogP contribution < -0.4 is 9.80 Å². The number of fused-ring (bicyclic) bond motifs is 10. The van der Waals surface area contributed by atoms with Gasteiger partial charge in [0.2, 0.25) is 0 Å². The van der Waals surface area contributed by atoms with Gasteiger partial charge in [0.15, 0.2) is 0 Å². The van der Waals surface area contributed by atoms with Crippen LogP contribution in [-0.4, -0.2) is 0 Å². The summed E-state index contributed by atoms with van der Waals surface area (Å²) in [6.45, 7) is 11.5. The number of hydrogen-bond acceptors (Lipinski definition) is 4. The second kappa shape index (κ2) is 12.8. The summed E-state index contributed by atoms with van der Waals surface area (Å²) >= 11 is 0. The molecule has 0 spiro atoms. The third-order valence-corrected chi connectivity index (χ3v) is 13.1. The Kier molecular flexibility index (Phi) is 7.51. The molecule has 11 aromatic rings. The van der Waals surface area contributed by atoms with Gasteiger partial charge in [-0.1, -0.05) is 120 Å². The van der Waals surface area contributed by atoms with E-state index in [0.717, 1.165) is 77.1 Å². The number of rotatable bonds is 4. The molecule has 0 bridgehead atoms. The van der Waals surface area contributed by atoms with Gasteiger partial charge in [-0.3, -0.25) is 0 Å². The summed E-state index contributed by atoms with van der Waals surface area (Å²) in [5.74, 6) is 0. The Hall–Kier alpha value is -7.30. The number of nitrogens with zero attached hydrogens (tertiary/aromatic N) is 2. The molecule has 0 saturated heterocycles. The van der Waals surface area contributed by atoms with Crippen LogP contribution in [0.4, 0.5) is 34.1 Å². The minimum Gasteiger partial charge on any atom is -0.456 e. The molecule has 294 valence electrons. The average Bonchev–Trinajstić information content (AvgIpc) is 3.79. The van der Waals surface area contributed by atoms with E-state index in [1.165, 1.54) is 39.1 Å². The van der Waals surface area contributed by atoms with Crippen molar-refractivity contribution < 1.29 is 8.83 Å². The highest BCUT2D eigenvalue weighted by Crippen LogP contribution is 2.52. The summed E-state index contributed by atoms with van der Waals surface area (Å²) in [6, 6.07) is 63.8. The molecule has 0 aliphatic carbocycles. The number of furan rings is 2. The van der Waals surface area contributed by atoms with Crippen LogP contribution in [0.2, 0.25) is 0 Å². The van der Waals surface area contributed by atoms with Crippen molar-refractivity contribution in [3.8, 4) is 0 Å². The first-order chi connectivity index (χ1) is 29.6. The standard InChI is InChI=1S/C57H44N2O2/c1-56(2,3)46-17-9-12-20-49(46)58(39-15-7-6-8-16-39)40-25-23-35-29-42-44-33-55-45(34-54(44)60-52(42)31-37(35)27-40)43-30-36-24-26-41(28-38(36)32-53(43)61-55)59-50-21-13-10-18-47(50)57(4,5)48-19-11-14-22-51(48)59/h6-34H,1-5H3. The van der Waals surface area contributed by atoms with Crippen LogP contribution in [0.1, 0.15) is 51.3 Å². The van der Waals surface area contributed by atoms with E-state index >= 15 is 0 Å². The Morgan fingerprint density at radius 2 is 0.951 bits per heavy atom. The Morgan fingerprint density at radius 3 is 1.57 bits per heavy atom. The van der Waals surface area contributed by atoms with Gasteiger partial charge >= 0.3 is 0 Å². The van der Waals surface area contributed by atoms with Gasteiger partial charge in [0.05, 0.1) is 11.4 Å². The van der Waals surface area contributed by atoms with Gasteiger partial charge < -0.3 is 18.6 Å². The predicted octanol–water partition coefficient (Wildman–Crippen LogP) is 16.7. The van der Waals surface area contributed by atoms with Crippen LogP contribution in [0.15, 0.2) is 185 Å². The Bertz CT molecular complexity index is 3520. The van der Waals surface area contributed by atoms with Crippen molar-refractivity contribution in [2.45, 2.75) is 45.4 Å². The smallest absolute Gasteiger partial charge is 0.136 e. The fraction of sp³-hybridized carbons (Fsp3) is 0.123. The maximum Gasteiger partial charge on any atom is 0.136 e. The minimum absolute atomic E-state index is 0.0339. The quantitative estimate of drug-likeness (QED) is 0.178. The van der Waals surface area contributed by atoms with Crippen molar-refractivity contribution in [1.82, 2.24) is 0 Å². The summed E-state index contributed by atoms with van der Waals surface area (Å²) in [5, 5.41) is 8.85. The number of anilines is 6. The van der Waals surface area contributed by atoms with Gasteiger partial charge in [-0.15, -0.1) is 0 Å². The normalized spacial score (nSPS) is 13.8. The molecular weight excluding hydrogens is 745 g/mol. The highest BCUT2D eigenvalue weighted by atomic mass is 16.3. The topological polar surface area (TPSA) is 32.8 Å². The van der Waals surface area contributed by atoms with Crippen LogP contribution in [0.5, 0.6) is 0 Å². The van der Waals surface area contributed by atoms with Gasteiger partial charge in [0, 0.05) is 49.7 Å². The number of benzene rings is 9. The fourth-order valence-corrected chi connectivity index (χ4v) is 10.0. The summed E-state index contributed by atoms with van der Waals surface area (Å²) < 4.78 is 13.4.